The molecule has 3 rings (SSSR count). The SMILES string of the molecule is N#Cc1cccc(-c2nnc(C(Cl)c3ccccc3)s2)c1. The summed E-state index contributed by atoms with van der Waals surface area (Å²) in [5.74, 6) is 0. The minimum Gasteiger partial charge on any atom is -0.192 e. The van der Waals surface area contributed by atoms with E-state index in [1.165, 1.54) is 11.3 Å². The molecule has 3 nitrogen and oxygen atoms in total. The Morgan fingerprint density at radius 3 is 2.62 bits per heavy atom. The number of aromatic nitrogens is 2. The highest BCUT2D eigenvalue weighted by Crippen LogP contribution is 2.34. The Kier molecular flexibility index (Phi) is 3.96. The largest absolute Gasteiger partial charge is 0.192 e. The van der Waals surface area contributed by atoms with Crippen molar-refractivity contribution in [2.45, 2.75) is 5.38 Å². The summed E-state index contributed by atoms with van der Waals surface area (Å²) in [6.07, 6.45) is 0. The van der Waals surface area contributed by atoms with E-state index in [0.717, 1.165) is 21.1 Å². The Balaban J connectivity index is 1.91. The first-order valence-electron chi connectivity index (χ1n) is 6.31. The van der Waals surface area contributed by atoms with E-state index in [0.29, 0.717) is 5.56 Å². The molecule has 0 aliphatic carbocycles. The maximum atomic E-state index is 8.95. The number of benzene rings is 2. The summed E-state index contributed by atoms with van der Waals surface area (Å²) < 4.78 is 0. The van der Waals surface area contributed by atoms with Crippen molar-refractivity contribution in [2.24, 2.45) is 0 Å². The highest BCUT2D eigenvalue weighted by molar-refractivity contribution is 7.15. The van der Waals surface area contributed by atoms with Crippen molar-refractivity contribution in [1.82, 2.24) is 10.2 Å². The van der Waals surface area contributed by atoms with Crippen molar-refractivity contribution in [3.8, 4) is 16.6 Å². The van der Waals surface area contributed by atoms with Gasteiger partial charge in [0.05, 0.1) is 11.6 Å². The number of hydrogen-bond donors (Lipinski definition) is 0. The summed E-state index contributed by atoms with van der Waals surface area (Å²) in [6.45, 7) is 0. The third kappa shape index (κ3) is 2.94. The van der Waals surface area contributed by atoms with Crippen molar-refractivity contribution in [1.29, 1.82) is 5.26 Å². The molecule has 1 unspecified atom stereocenters. The van der Waals surface area contributed by atoms with Gasteiger partial charge in [0.1, 0.15) is 15.4 Å². The van der Waals surface area contributed by atoms with Crippen LogP contribution in [0.2, 0.25) is 0 Å². The molecular formula is C16H10ClN3S. The summed E-state index contributed by atoms with van der Waals surface area (Å²) >= 11 is 7.89. The molecule has 1 heterocycles. The zero-order valence-electron chi connectivity index (χ0n) is 10.9. The Bertz CT molecular complexity index is 793. The van der Waals surface area contributed by atoms with Gasteiger partial charge in [-0.05, 0) is 17.7 Å². The van der Waals surface area contributed by atoms with Gasteiger partial charge in [0, 0.05) is 5.56 Å². The standard InChI is InChI=1S/C16H10ClN3S/c17-14(12-6-2-1-3-7-12)16-20-19-15(21-16)13-8-4-5-11(9-13)10-18/h1-9,14H. The van der Waals surface area contributed by atoms with E-state index in [2.05, 4.69) is 16.3 Å². The predicted molar refractivity (Wildman–Crippen MR) is 84.2 cm³/mol. The lowest BCUT2D eigenvalue weighted by molar-refractivity contribution is 0.988. The van der Waals surface area contributed by atoms with Gasteiger partial charge in [-0.3, -0.25) is 0 Å². The van der Waals surface area contributed by atoms with Crippen LogP contribution in [0.4, 0.5) is 0 Å². The molecule has 0 aliphatic rings. The molecule has 0 saturated heterocycles. The van der Waals surface area contributed by atoms with Crippen molar-refractivity contribution in [2.75, 3.05) is 0 Å². The first-order chi connectivity index (χ1) is 10.3. The zero-order valence-corrected chi connectivity index (χ0v) is 12.5. The van der Waals surface area contributed by atoms with Gasteiger partial charge in [-0.25, -0.2) is 0 Å². The summed E-state index contributed by atoms with van der Waals surface area (Å²) in [5.41, 5.74) is 2.48. The van der Waals surface area contributed by atoms with Gasteiger partial charge in [-0.2, -0.15) is 5.26 Å². The number of rotatable bonds is 3. The van der Waals surface area contributed by atoms with E-state index < -0.39 is 0 Å². The number of halogens is 1. The van der Waals surface area contributed by atoms with E-state index in [-0.39, 0.29) is 5.38 Å². The summed E-state index contributed by atoms with van der Waals surface area (Å²) in [4.78, 5) is 0. The number of hydrogen-bond acceptors (Lipinski definition) is 4. The molecule has 0 amide bonds. The van der Waals surface area contributed by atoms with Crippen LogP contribution in [0.25, 0.3) is 10.6 Å². The van der Waals surface area contributed by atoms with Gasteiger partial charge in [-0.1, -0.05) is 53.8 Å². The Morgan fingerprint density at radius 1 is 1.05 bits per heavy atom. The Hall–Kier alpha value is -2.22. The van der Waals surface area contributed by atoms with E-state index in [1.54, 1.807) is 12.1 Å². The molecule has 5 heteroatoms. The topological polar surface area (TPSA) is 49.6 Å². The van der Waals surface area contributed by atoms with Crippen molar-refractivity contribution in [3.05, 3.63) is 70.7 Å². The quantitative estimate of drug-likeness (QED) is 0.673. The lowest BCUT2D eigenvalue weighted by Crippen LogP contribution is -1.91. The van der Waals surface area contributed by atoms with Crippen LogP contribution in [-0.4, -0.2) is 10.2 Å². The maximum Gasteiger partial charge on any atom is 0.147 e. The fraction of sp³-hybridized carbons (Fsp3) is 0.0625. The molecule has 0 radical (unpaired) electrons. The molecule has 0 fully saturated rings. The van der Waals surface area contributed by atoms with Crippen LogP contribution in [0.15, 0.2) is 54.6 Å². The van der Waals surface area contributed by atoms with E-state index in [9.17, 15) is 0 Å². The van der Waals surface area contributed by atoms with Crippen LogP contribution in [0, 0.1) is 11.3 Å². The normalized spacial score (nSPS) is 11.8. The van der Waals surface area contributed by atoms with Crippen LogP contribution >= 0.6 is 22.9 Å². The van der Waals surface area contributed by atoms with Crippen molar-refractivity contribution in [3.63, 3.8) is 0 Å². The fourth-order valence-corrected chi connectivity index (χ4v) is 3.11. The molecule has 2 aromatic carbocycles. The van der Waals surface area contributed by atoms with Crippen LogP contribution in [0.3, 0.4) is 0 Å². The summed E-state index contributed by atoms with van der Waals surface area (Å²) in [7, 11) is 0. The Labute approximate surface area is 131 Å². The molecule has 0 bridgehead atoms. The van der Waals surface area contributed by atoms with Crippen LogP contribution in [-0.2, 0) is 0 Å². The highest BCUT2D eigenvalue weighted by Gasteiger charge is 2.16. The molecular weight excluding hydrogens is 302 g/mol. The molecule has 1 aromatic heterocycles. The van der Waals surface area contributed by atoms with Gasteiger partial charge in [0.15, 0.2) is 0 Å². The van der Waals surface area contributed by atoms with Gasteiger partial charge >= 0.3 is 0 Å². The second kappa shape index (κ2) is 6.04. The third-order valence-electron chi connectivity index (χ3n) is 2.99. The van der Waals surface area contributed by atoms with E-state index in [4.69, 9.17) is 16.9 Å². The van der Waals surface area contributed by atoms with Gasteiger partial charge in [0.25, 0.3) is 0 Å². The van der Waals surface area contributed by atoms with Crippen LogP contribution in [0.1, 0.15) is 21.5 Å². The second-order valence-corrected chi connectivity index (χ2v) is 5.86. The van der Waals surface area contributed by atoms with Crippen LogP contribution in [0.5, 0.6) is 0 Å². The Morgan fingerprint density at radius 2 is 1.86 bits per heavy atom. The lowest BCUT2D eigenvalue weighted by atomic mass is 10.1. The second-order valence-electron chi connectivity index (χ2n) is 4.41. The monoisotopic (exact) mass is 311 g/mol. The number of alkyl halides is 1. The molecule has 1 atom stereocenters. The molecule has 0 N–H and O–H groups in total. The first-order valence-corrected chi connectivity index (χ1v) is 7.56. The fourth-order valence-electron chi connectivity index (χ4n) is 1.94. The maximum absolute atomic E-state index is 8.95. The third-order valence-corrected chi connectivity index (χ3v) is 4.61. The molecule has 3 aromatic rings. The van der Waals surface area contributed by atoms with Gasteiger partial charge in [-0.15, -0.1) is 21.8 Å². The van der Waals surface area contributed by atoms with Crippen molar-refractivity contribution >= 4 is 22.9 Å². The highest BCUT2D eigenvalue weighted by atomic mass is 35.5. The minimum atomic E-state index is -0.309. The van der Waals surface area contributed by atoms with E-state index >= 15 is 0 Å². The molecule has 0 saturated carbocycles. The zero-order chi connectivity index (χ0) is 14.7. The number of nitriles is 1. The van der Waals surface area contributed by atoms with Gasteiger partial charge < -0.3 is 0 Å². The number of nitrogens with zero attached hydrogens (tertiary/aromatic N) is 3. The molecule has 102 valence electrons. The average molecular weight is 312 g/mol. The molecule has 0 aliphatic heterocycles. The predicted octanol–water partition coefficient (Wildman–Crippen LogP) is 4.40. The van der Waals surface area contributed by atoms with Crippen LogP contribution < -0.4 is 0 Å². The summed E-state index contributed by atoms with van der Waals surface area (Å²) in [5, 5.41) is 18.5. The average Bonchev–Trinajstić information content (AvgIpc) is 3.05. The first kappa shape index (κ1) is 13.7. The smallest absolute Gasteiger partial charge is 0.147 e. The minimum absolute atomic E-state index is 0.309. The van der Waals surface area contributed by atoms with Gasteiger partial charge in [0.2, 0.25) is 0 Å². The van der Waals surface area contributed by atoms with E-state index in [1.807, 2.05) is 42.5 Å². The van der Waals surface area contributed by atoms with Crippen molar-refractivity contribution < 1.29 is 0 Å². The lowest BCUT2D eigenvalue weighted by Gasteiger charge is -2.04. The molecule has 21 heavy (non-hydrogen) atoms. The summed E-state index contributed by atoms with van der Waals surface area (Å²) in [6, 6.07) is 19.2. The molecule has 0 spiro atoms.